The van der Waals surface area contributed by atoms with E-state index in [2.05, 4.69) is 374 Å². The van der Waals surface area contributed by atoms with Crippen LogP contribution in [-0.2, 0) is 0 Å². The Morgan fingerprint density at radius 2 is 0.355 bits per heavy atom. The fourth-order valence-corrected chi connectivity index (χ4v) is 19.7. The third-order valence-electron chi connectivity index (χ3n) is 24.2. The second-order valence-corrected chi connectivity index (χ2v) is 36.2. The maximum atomic E-state index is 6.43. The van der Waals surface area contributed by atoms with E-state index in [1.807, 2.05) is 0 Å². The fourth-order valence-electron chi connectivity index (χ4n) is 17.4. The third-order valence-corrected chi connectivity index (χ3v) is 26.8. The van der Waals surface area contributed by atoms with E-state index in [4.69, 9.17) is 29.4 Å². The molecule has 618 valence electrons. The monoisotopic (exact) mass is 1660 g/mol. The highest BCUT2D eigenvalue weighted by atomic mass is 33.1. The lowest BCUT2D eigenvalue weighted by atomic mass is 10.0. The number of fused-ring (bicyclic) bond motifs is 16. The SMILES string of the molecule is Cc1ccc(-c2c3nc(c(-c4ccc(C)cc4)c4ccc([nH]4)c(-c4ccc(OCCCCCCCCCSSCCCCCCCCCOc5ccc(-c6c7nc(c(-c8ccc(C)cc8)c8ccc([nH]8)c(-c8ccc(C)cc8)c8nc(c(-c9ccc(C)cc9)c9ccc6[nH]9)C=C8)C=C7)cc5)cc4)c4nc(c(-c5ccc(C)cc5)c5ccc2[nH]5)C=C4)C=C3)cc1. The number of benzene rings is 8. The van der Waals surface area contributed by atoms with Gasteiger partial charge in [0.2, 0.25) is 0 Å². The van der Waals surface area contributed by atoms with Crippen LogP contribution in [-0.4, -0.2) is 64.6 Å². The van der Waals surface area contributed by atoms with E-state index in [-0.39, 0.29) is 0 Å². The lowest BCUT2D eigenvalue weighted by Gasteiger charge is -2.09. The van der Waals surface area contributed by atoms with E-state index in [0.717, 1.165) is 203 Å². The molecule has 0 saturated carbocycles. The number of hydrogen-bond acceptors (Lipinski definition) is 8. The van der Waals surface area contributed by atoms with Gasteiger partial charge in [0, 0.05) is 100 Å². The summed E-state index contributed by atoms with van der Waals surface area (Å²) in [4.78, 5) is 37.7. The molecule has 12 heteroatoms. The second-order valence-electron chi connectivity index (χ2n) is 33.5. The van der Waals surface area contributed by atoms with Crippen LogP contribution < -0.4 is 9.47 Å². The molecule has 124 heavy (non-hydrogen) atoms. The molecule has 0 atom stereocenters. The molecule has 10 nitrogen and oxygen atoms in total. The molecule has 10 heterocycles. The minimum atomic E-state index is 0.703. The summed E-state index contributed by atoms with van der Waals surface area (Å²) in [5, 5.41) is 0. The van der Waals surface area contributed by atoms with Gasteiger partial charge in [0.1, 0.15) is 11.5 Å². The highest BCUT2D eigenvalue weighted by molar-refractivity contribution is 8.76. The van der Waals surface area contributed by atoms with Crippen LogP contribution in [0.15, 0.2) is 243 Å². The fraction of sp³-hybridized carbons (Fsp3) is 0.214. The van der Waals surface area contributed by atoms with Crippen LogP contribution in [0.1, 0.15) is 169 Å². The number of hydrogen-bond donors (Lipinski definition) is 4. The molecule has 0 unspecified atom stereocenters. The number of ether oxygens (including phenoxy) is 2. The Balaban J connectivity index is 0.443. The van der Waals surface area contributed by atoms with Gasteiger partial charge in [-0.2, -0.15) is 0 Å². The van der Waals surface area contributed by atoms with E-state index < -0.39 is 0 Å². The van der Waals surface area contributed by atoms with Gasteiger partial charge in [-0.15, -0.1) is 0 Å². The zero-order valence-corrected chi connectivity index (χ0v) is 73.5. The Morgan fingerprint density at radius 3 is 0.540 bits per heavy atom. The summed E-state index contributed by atoms with van der Waals surface area (Å²) in [5.74, 6) is 4.24. The summed E-state index contributed by atoms with van der Waals surface area (Å²) in [6.45, 7) is 14.2. The van der Waals surface area contributed by atoms with Crippen LogP contribution in [0.4, 0.5) is 0 Å². The Bertz CT molecular complexity index is 6190. The van der Waals surface area contributed by atoms with Crippen molar-refractivity contribution in [2.75, 3.05) is 24.7 Å². The Kier molecular flexibility index (Phi) is 25.4. The Hall–Kier alpha value is -12.7. The normalized spacial score (nSPS) is 12.1. The molecule has 0 fully saturated rings. The van der Waals surface area contributed by atoms with Gasteiger partial charge >= 0.3 is 0 Å². The molecule has 0 aliphatic carbocycles. The number of rotatable bonds is 31. The first-order valence-electron chi connectivity index (χ1n) is 44.4. The number of aromatic amines is 4. The van der Waals surface area contributed by atoms with Crippen molar-refractivity contribution in [3.8, 4) is 101 Å². The van der Waals surface area contributed by atoms with Gasteiger partial charge < -0.3 is 29.4 Å². The average Bonchev–Trinajstić information content (AvgIpc) is 1.62. The molecule has 16 bridgehead atoms. The predicted octanol–water partition coefficient (Wildman–Crippen LogP) is 31.1. The second kappa shape index (κ2) is 38.4. The smallest absolute Gasteiger partial charge is 0.119 e. The Morgan fingerprint density at radius 1 is 0.194 bits per heavy atom. The molecule has 4 aliphatic heterocycles. The van der Waals surface area contributed by atoms with Gasteiger partial charge in [-0.25, -0.2) is 19.9 Å². The summed E-state index contributed by atoms with van der Waals surface area (Å²) in [5.41, 5.74) is 39.1. The van der Waals surface area contributed by atoms with Crippen molar-refractivity contribution in [3.63, 3.8) is 0 Å². The zero-order chi connectivity index (χ0) is 84.2. The lowest BCUT2D eigenvalue weighted by Crippen LogP contribution is -1.97. The molecule has 0 saturated heterocycles. The summed E-state index contributed by atoms with van der Waals surface area (Å²) in [7, 11) is 4.14. The first-order valence-corrected chi connectivity index (χ1v) is 46.9. The first kappa shape index (κ1) is 82.2. The van der Waals surface area contributed by atoms with Crippen LogP contribution >= 0.6 is 21.6 Å². The molecule has 18 rings (SSSR count). The van der Waals surface area contributed by atoms with Crippen LogP contribution in [0.25, 0.3) is 182 Å². The highest BCUT2D eigenvalue weighted by Gasteiger charge is 2.24. The van der Waals surface area contributed by atoms with Crippen LogP contribution in [0.5, 0.6) is 11.5 Å². The molecule has 6 aromatic heterocycles. The van der Waals surface area contributed by atoms with Crippen LogP contribution in [0.2, 0.25) is 0 Å². The number of H-pyrrole nitrogens is 4. The van der Waals surface area contributed by atoms with Gasteiger partial charge in [0.25, 0.3) is 0 Å². The minimum absolute atomic E-state index is 0.703. The van der Waals surface area contributed by atoms with E-state index in [1.165, 1.54) is 122 Å². The van der Waals surface area contributed by atoms with Gasteiger partial charge in [0.15, 0.2) is 0 Å². The molecule has 0 radical (unpaired) electrons. The van der Waals surface area contributed by atoms with E-state index in [1.54, 1.807) is 0 Å². The van der Waals surface area contributed by atoms with Crippen LogP contribution in [0.3, 0.4) is 0 Å². The van der Waals surface area contributed by atoms with Crippen LogP contribution in [0, 0.1) is 41.5 Å². The van der Waals surface area contributed by atoms with Crippen molar-refractivity contribution in [1.82, 2.24) is 39.9 Å². The molecular weight excluding hydrogens is 1550 g/mol. The summed E-state index contributed by atoms with van der Waals surface area (Å²) in [6, 6.07) is 87.4. The molecule has 14 aromatic rings. The average molecular weight is 1660 g/mol. The van der Waals surface area contributed by atoms with Gasteiger partial charge in [-0.3, -0.25) is 0 Å². The van der Waals surface area contributed by atoms with Crippen molar-refractivity contribution in [2.24, 2.45) is 0 Å². The number of aromatic nitrogens is 8. The Labute approximate surface area is 736 Å². The number of aryl methyl sites for hydroxylation is 6. The van der Waals surface area contributed by atoms with Crippen molar-refractivity contribution in [3.05, 3.63) is 322 Å². The standard InChI is InChI=1S/C112H106N8O2S2/c1-73-21-33-79(34-22-73)105-89-53-57-93(113-89)107(81-37-25-75(3)26-38-81)97-61-65-101(117-97)111(102-66-62-98(118-102)108(94-58-54-90(105)114-94)82-39-27-76(4)28-40-82)85-45-49-87(50-46-85)121-69-17-13-9-7-11-15-19-71-123-124-72-20-16-12-8-10-14-18-70-122-88-51-47-86(48-52-88)112-103-67-63-99(119-103)109(83-41-29-77(5)30-42-83)95-59-55-91(115-95)106(80-35-23-74(2)24-36-80)92-56-60-96(116-92)110(100-64-68-104(112)120-100)84-43-31-78(6)32-44-84/h21-68,113,115,118,120H,7-20,69-72H2,1-6H3. The van der Waals surface area contributed by atoms with Crippen molar-refractivity contribution < 1.29 is 9.47 Å². The van der Waals surface area contributed by atoms with E-state index in [0.29, 0.717) is 13.2 Å². The topological polar surface area (TPSA) is 133 Å². The highest BCUT2D eigenvalue weighted by Crippen LogP contribution is 2.43. The van der Waals surface area contributed by atoms with Crippen molar-refractivity contribution in [1.29, 1.82) is 0 Å². The minimum Gasteiger partial charge on any atom is -0.494 e. The molecule has 0 amide bonds. The van der Waals surface area contributed by atoms with Crippen molar-refractivity contribution in [2.45, 2.75) is 131 Å². The zero-order valence-electron chi connectivity index (χ0n) is 71.9. The quantitative estimate of drug-likeness (QED) is 0.0249. The maximum absolute atomic E-state index is 6.43. The molecule has 4 N–H and O–H groups in total. The maximum Gasteiger partial charge on any atom is 0.119 e. The van der Waals surface area contributed by atoms with Gasteiger partial charge in [-0.1, -0.05) is 289 Å². The number of nitrogens with one attached hydrogen (secondary N) is 4. The summed E-state index contributed by atoms with van der Waals surface area (Å²) < 4.78 is 12.9. The third kappa shape index (κ3) is 18.9. The van der Waals surface area contributed by atoms with Gasteiger partial charge in [0.05, 0.1) is 58.8 Å². The largest absolute Gasteiger partial charge is 0.494 e. The van der Waals surface area contributed by atoms with E-state index >= 15 is 0 Å². The van der Waals surface area contributed by atoms with Gasteiger partial charge in [-0.05, 0) is 233 Å². The first-order chi connectivity index (χ1) is 60.9. The lowest BCUT2D eigenvalue weighted by molar-refractivity contribution is 0.304. The molecular formula is C112H106N8O2S2. The summed E-state index contributed by atoms with van der Waals surface area (Å²) in [6.07, 6.45) is 34.6. The molecule has 8 aromatic carbocycles. The number of nitrogens with zero attached hydrogens (tertiary/aromatic N) is 4. The molecule has 4 aliphatic rings. The summed E-state index contributed by atoms with van der Waals surface area (Å²) >= 11 is 0. The number of unbranched alkanes of at least 4 members (excludes halogenated alkanes) is 12. The molecule has 0 spiro atoms. The van der Waals surface area contributed by atoms with E-state index in [9.17, 15) is 0 Å². The van der Waals surface area contributed by atoms with Crippen molar-refractivity contribution >= 4 is 114 Å². The predicted molar refractivity (Wildman–Crippen MR) is 530 cm³/mol.